The lowest BCUT2D eigenvalue weighted by Crippen LogP contribution is -2.39. The van der Waals surface area contributed by atoms with Crippen LogP contribution in [0.15, 0.2) is 16.1 Å². The number of amides is 1. The minimum Gasteiger partial charge on any atom is -0.349 e. The standard InChI is InChI=1S/C14H19ClN4O/c1-8(2)5-10-7-17-13(20)11-6-9(3)12(19(10)11)18-14(15)16-4/h6,8,10H,4-5,7H2,1-3H3,(H,17,20)/b18-14-/t10-/m0/s1. The Bertz CT molecular complexity index is 574. The molecular formula is C14H19ClN4O. The smallest absolute Gasteiger partial charge is 0.268 e. The van der Waals surface area contributed by atoms with Crippen LogP contribution >= 0.6 is 11.6 Å². The van der Waals surface area contributed by atoms with Crippen molar-refractivity contribution in [2.75, 3.05) is 6.54 Å². The molecule has 2 heterocycles. The van der Waals surface area contributed by atoms with E-state index in [4.69, 9.17) is 11.6 Å². The highest BCUT2D eigenvalue weighted by Gasteiger charge is 2.29. The molecule has 1 atom stereocenters. The predicted molar refractivity (Wildman–Crippen MR) is 82.5 cm³/mol. The molecule has 1 aromatic heterocycles. The van der Waals surface area contributed by atoms with Gasteiger partial charge in [-0.05, 0) is 49.2 Å². The Morgan fingerprint density at radius 1 is 1.65 bits per heavy atom. The van der Waals surface area contributed by atoms with Crippen molar-refractivity contribution in [1.29, 1.82) is 0 Å². The van der Waals surface area contributed by atoms with E-state index < -0.39 is 0 Å². The summed E-state index contributed by atoms with van der Waals surface area (Å²) in [5.74, 6) is 1.14. The first-order chi connectivity index (χ1) is 9.43. The molecule has 0 aromatic carbocycles. The first kappa shape index (κ1) is 14.8. The lowest BCUT2D eigenvalue weighted by atomic mass is 10.0. The molecule has 1 amide bonds. The third-order valence-corrected chi connectivity index (χ3v) is 3.57. The number of aryl methyl sites for hydroxylation is 1. The monoisotopic (exact) mass is 294 g/mol. The quantitative estimate of drug-likeness (QED) is 0.520. The second-order valence-electron chi connectivity index (χ2n) is 5.44. The number of aromatic nitrogens is 1. The fraction of sp³-hybridized carbons (Fsp3) is 0.500. The first-order valence-corrected chi connectivity index (χ1v) is 7.02. The van der Waals surface area contributed by atoms with Crippen molar-refractivity contribution in [2.24, 2.45) is 15.9 Å². The van der Waals surface area contributed by atoms with Gasteiger partial charge in [-0.3, -0.25) is 4.79 Å². The van der Waals surface area contributed by atoms with Gasteiger partial charge in [0.1, 0.15) is 11.5 Å². The van der Waals surface area contributed by atoms with Crippen LogP contribution in [0.2, 0.25) is 0 Å². The maximum absolute atomic E-state index is 12.0. The molecule has 0 saturated heterocycles. The fourth-order valence-electron chi connectivity index (χ4n) is 2.58. The van der Waals surface area contributed by atoms with Crippen LogP contribution in [0, 0.1) is 12.8 Å². The van der Waals surface area contributed by atoms with Gasteiger partial charge in [-0.25, -0.2) is 9.98 Å². The summed E-state index contributed by atoms with van der Waals surface area (Å²) in [5.41, 5.74) is 1.54. The SMILES string of the molecule is C=N/C(Cl)=N\c1c(C)cc2n1[C@@H](CC(C)C)CNC2=O. The van der Waals surface area contributed by atoms with Crippen molar-refractivity contribution >= 4 is 35.3 Å². The predicted octanol–water partition coefficient (Wildman–Crippen LogP) is 3.05. The number of rotatable bonds is 3. The molecule has 5 nitrogen and oxygen atoms in total. The van der Waals surface area contributed by atoms with Crippen LogP contribution in [0.3, 0.4) is 0 Å². The summed E-state index contributed by atoms with van der Waals surface area (Å²) in [6.45, 7) is 10.2. The molecule has 0 bridgehead atoms. The molecule has 2 rings (SSSR count). The number of carbonyl (C=O) groups excluding carboxylic acids is 1. The molecule has 20 heavy (non-hydrogen) atoms. The zero-order chi connectivity index (χ0) is 14.9. The van der Waals surface area contributed by atoms with Crippen molar-refractivity contribution in [2.45, 2.75) is 33.2 Å². The Labute approximate surface area is 123 Å². The van der Waals surface area contributed by atoms with Gasteiger partial charge < -0.3 is 9.88 Å². The highest BCUT2D eigenvalue weighted by molar-refractivity contribution is 6.65. The van der Waals surface area contributed by atoms with Crippen LogP contribution in [0.5, 0.6) is 0 Å². The lowest BCUT2D eigenvalue weighted by molar-refractivity contribution is 0.0911. The average Bonchev–Trinajstić information content (AvgIpc) is 2.71. The Balaban J connectivity index is 2.54. The van der Waals surface area contributed by atoms with Gasteiger partial charge in [0.15, 0.2) is 0 Å². The molecule has 1 N–H and O–H groups in total. The Morgan fingerprint density at radius 2 is 2.35 bits per heavy atom. The van der Waals surface area contributed by atoms with Crippen molar-refractivity contribution < 1.29 is 4.79 Å². The van der Waals surface area contributed by atoms with Crippen LogP contribution < -0.4 is 5.32 Å². The number of aliphatic imine (C=N–C) groups is 2. The maximum Gasteiger partial charge on any atom is 0.268 e. The van der Waals surface area contributed by atoms with Crippen molar-refractivity contribution in [3.05, 3.63) is 17.3 Å². The van der Waals surface area contributed by atoms with E-state index in [-0.39, 0.29) is 17.2 Å². The number of carbonyl (C=O) groups is 1. The summed E-state index contributed by atoms with van der Waals surface area (Å²) >= 11 is 5.87. The number of nitrogens with one attached hydrogen (secondary N) is 1. The molecule has 1 aliphatic rings. The van der Waals surface area contributed by atoms with Gasteiger partial charge in [0.25, 0.3) is 5.91 Å². The van der Waals surface area contributed by atoms with Gasteiger partial charge in [0, 0.05) is 6.54 Å². The molecule has 6 heteroatoms. The van der Waals surface area contributed by atoms with Crippen molar-refractivity contribution in [3.63, 3.8) is 0 Å². The van der Waals surface area contributed by atoms with Crippen molar-refractivity contribution in [1.82, 2.24) is 9.88 Å². The van der Waals surface area contributed by atoms with E-state index in [1.165, 1.54) is 0 Å². The minimum atomic E-state index is -0.0720. The molecule has 0 unspecified atom stereocenters. The van der Waals surface area contributed by atoms with E-state index >= 15 is 0 Å². The van der Waals surface area contributed by atoms with Crippen LogP contribution in [0.25, 0.3) is 0 Å². The molecule has 0 aliphatic carbocycles. The first-order valence-electron chi connectivity index (χ1n) is 6.65. The molecule has 1 aliphatic heterocycles. The topological polar surface area (TPSA) is 58.8 Å². The number of amidine groups is 1. The summed E-state index contributed by atoms with van der Waals surface area (Å²) < 4.78 is 1.97. The number of nitrogens with zero attached hydrogens (tertiary/aromatic N) is 3. The van der Waals surface area contributed by atoms with E-state index in [0.717, 1.165) is 12.0 Å². The summed E-state index contributed by atoms with van der Waals surface area (Å²) in [4.78, 5) is 19.9. The minimum absolute atomic E-state index is 0.0720. The van der Waals surface area contributed by atoms with Crippen molar-refractivity contribution in [3.8, 4) is 0 Å². The Hall–Kier alpha value is -1.62. The Kier molecular flexibility index (Phi) is 4.28. The van der Waals surface area contributed by atoms with Gasteiger partial charge in [-0.15, -0.1) is 0 Å². The van der Waals surface area contributed by atoms with Gasteiger partial charge in [0.2, 0.25) is 5.29 Å². The highest BCUT2D eigenvalue weighted by Crippen LogP contribution is 2.33. The third kappa shape index (κ3) is 2.77. The van der Waals surface area contributed by atoms with Crippen LogP contribution in [0.4, 0.5) is 5.82 Å². The molecular weight excluding hydrogens is 276 g/mol. The van der Waals surface area contributed by atoms with E-state index in [2.05, 4.69) is 35.9 Å². The lowest BCUT2D eigenvalue weighted by Gasteiger charge is -2.28. The summed E-state index contributed by atoms with van der Waals surface area (Å²) in [6.07, 6.45) is 0.961. The molecule has 108 valence electrons. The fourth-order valence-corrected chi connectivity index (χ4v) is 2.66. The van der Waals surface area contributed by atoms with Gasteiger partial charge in [-0.2, -0.15) is 0 Å². The molecule has 0 radical (unpaired) electrons. The number of hydrogen-bond donors (Lipinski definition) is 1. The molecule has 1 aromatic rings. The zero-order valence-corrected chi connectivity index (χ0v) is 12.7. The average molecular weight is 295 g/mol. The third-order valence-electron chi connectivity index (χ3n) is 3.36. The van der Waals surface area contributed by atoms with E-state index in [9.17, 15) is 4.79 Å². The van der Waals surface area contributed by atoms with Crippen LogP contribution in [-0.4, -0.2) is 29.0 Å². The molecule has 0 fully saturated rings. The van der Waals surface area contributed by atoms with Gasteiger partial charge in [0.05, 0.1) is 6.04 Å². The second kappa shape index (κ2) is 5.79. The van der Waals surface area contributed by atoms with Gasteiger partial charge >= 0.3 is 0 Å². The highest BCUT2D eigenvalue weighted by atomic mass is 35.5. The van der Waals surface area contributed by atoms with E-state index in [1.54, 1.807) is 0 Å². The number of halogens is 1. The summed E-state index contributed by atoms with van der Waals surface area (Å²) in [6, 6.07) is 2.03. The van der Waals surface area contributed by atoms with Crippen LogP contribution in [0.1, 0.15) is 42.4 Å². The molecule has 0 saturated carbocycles. The molecule has 0 spiro atoms. The Morgan fingerprint density at radius 3 is 2.95 bits per heavy atom. The normalized spacial score (nSPS) is 18.9. The zero-order valence-electron chi connectivity index (χ0n) is 12.0. The van der Waals surface area contributed by atoms with Crippen LogP contribution in [-0.2, 0) is 0 Å². The summed E-state index contributed by atoms with van der Waals surface area (Å²) in [5, 5.41) is 3.01. The summed E-state index contributed by atoms with van der Waals surface area (Å²) in [7, 11) is 0. The maximum atomic E-state index is 12.0. The largest absolute Gasteiger partial charge is 0.349 e. The van der Waals surface area contributed by atoms with Gasteiger partial charge in [-0.1, -0.05) is 13.8 Å². The second-order valence-corrected chi connectivity index (χ2v) is 5.78. The number of hydrogen-bond acceptors (Lipinski definition) is 2. The van der Waals surface area contributed by atoms with E-state index in [1.807, 2.05) is 17.6 Å². The van der Waals surface area contributed by atoms with E-state index in [0.29, 0.717) is 24.0 Å². The number of fused-ring (bicyclic) bond motifs is 1.